The SMILES string of the molecule is CC[C@H](O)C(C)(C)[C@@H](O)[C@@H](C=O)/C(C)=C(\C)[C@H](C)OC(=O)[C@H](O)[C@@H](N=COc1ccccc1)c1ccccc1. The maximum absolute atomic E-state index is 13.0. The Hall–Kier alpha value is -3.33. The molecule has 0 aliphatic heterocycles. The second-order valence-corrected chi connectivity index (χ2v) is 10.3. The molecule has 6 atom stereocenters. The average molecular weight is 540 g/mol. The Morgan fingerprint density at radius 2 is 1.54 bits per heavy atom. The van der Waals surface area contributed by atoms with Gasteiger partial charge >= 0.3 is 5.97 Å². The van der Waals surface area contributed by atoms with Crippen molar-refractivity contribution in [2.75, 3.05) is 0 Å². The van der Waals surface area contributed by atoms with Crippen molar-refractivity contribution < 1.29 is 34.4 Å². The average Bonchev–Trinajstić information content (AvgIpc) is 2.95. The van der Waals surface area contributed by atoms with Gasteiger partial charge in [-0.05, 0) is 50.5 Å². The molecule has 0 aliphatic carbocycles. The van der Waals surface area contributed by atoms with Gasteiger partial charge in [0.05, 0.1) is 18.1 Å². The number of hydrogen-bond acceptors (Lipinski definition) is 8. The second-order valence-electron chi connectivity index (χ2n) is 10.3. The number of hydrogen-bond donors (Lipinski definition) is 3. The number of aliphatic imine (C=N–C) groups is 1. The van der Waals surface area contributed by atoms with Crippen LogP contribution in [0.1, 0.15) is 59.6 Å². The predicted octanol–water partition coefficient (Wildman–Crippen LogP) is 4.44. The molecule has 8 nitrogen and oxygen atoms in total. The van der Waals surface area contributed by atoms with Gasteiger partial charge in [0, 0.05) is 5.41 Å². The first-order valence-electron chi connectivity index (χ1n) is 13.1. The van der Waals surface area contributed by atoms with Crippen LogP contribution in [0.15, 0.2) is 76.8 Å². The number of rotatable bonds is 14. The molecule has 212 valence electrons. The molecule has 3 N–H and O–H groups in total. The fourth-order valence-corrected chi connectivity index (χ4v) is 4.30. The number of ether oxygens (including phenoxy) is 2. The lowest BCUT2D eigenvalue weighted by Crippen LogP contribution is -2.45. The minimum Gasteiger partial charge on any atom is -0.456 e. The maximum Gasteiger partial charge on any atom is 0.338 e. The third-order valence-corrected chi connectivity index (χ3v) is 7.35. The summed E-state index contributed by atoms with van der Waals surface area (Å²) in [5, 5.41) is 32.3. The highest BCUT2D eigenvalue weighted by Crippen LogP contribution is 2.35. The van der Waals surface area contributed by atoms with Crippen molar-refractivity contribution in [1.29, 1.82) is 0 Å². The highest BCUT2D eigenvalue weighted by Gasteiger charge is 2.40. The minimum atomic E-state index is -1.63. The molecule has 0 saturated heterocycles. The first-order chi connectivity index (χ1) is 18.4. The van der Waals surface area contributed by atoms with E-state index in [1.165, 1.54) is 6.40 Å². The van der Waals surface area contributed by atoms with Crippen LogP contribution in [0.4, 0.5) is 0 Å². The third-order valence-electron chi connectivity index (χ3n) is 7.35. The van der Waals surface area contributed by atoms with E-state index in [1.807, 2.05) is 24.3 Å². The van der Waals surface area contributed by atoms with Gasteiger partial charge < -0.3 is 29.6 Å². The van der Waals surface area contributed by atoms with E-state index in [-0.39, 0.29) is 0 Å². The van der Waals surface area contributed by atoms with E-state index in [1.54, 1.807) is 77.9 Å². The molecule has 0 bridgehead atoms. The minimum absolute atomic E-state index is 0.421. The van der Waals surface area contributed by atoms with Crippen molar-refractivity contribution in [3.05, 3.63) is 77.4 Å². The third kappa shape index (κ3) is 8.33. The summed E-state index contributed by atoms with van der Waals surface area (Å²) >= 11 is 0. The second kappa shape index (κ2) is 14.7. The molecule has 0 unspecified atom stereocenters. The van der Waals surface area contributed by atoms with Gasteiger partial charge in [0.1, 0.15) is 24.2 Å². The number of carbonyl (C=O) groups is 2. The van der Waals surface area contributed by atoms with Gasteiger partial charge in [-0.3, -0.25) is 0 Å². The Labute approximate surface area is 231 Å². The number of aliphatic hydroxyl groups excluding tert-OH is 3. The van der Waals surface area contributed by atoms with Crippen LogP contribution in [0, 0.1) is 11.3 Å². The van der Waals surface area contributed by atoms with E-state index >= 15 is 0 Å². The van der Waals surface area contributed by atoms with Crippen molar-refractivity contribution in [3.8, 4) is 5.75 Å². The molecule has 0 fully saturated rings. The molecule has 0 spiro atoms. The summed E-state index contributed by atoms with van der Waals surface area (Å²) in [5.41, 5.74) is 0.728. The van der Waals surface area contributed by atoms with Gasteiger partial charge in [-0.2, -0.15) is 0 Å². The molecule has 0 saturated carbocycles. The smallest absolute Gasteiger partial charge is 0.338 e. The molecule has 0 amide bonds. The van der Waals surface area contributed by atoms with Crippen molar-refractivity contribution in [2.24, 2.45) is 16.3 Å². The van der Waals surface area contributed by atoms with Gasteiger partial charge in [0.2, 0.25) is 0 Å². The van der Waals surface area contributed by atoms with Gasteiger partial charge in [0.15, 0.2) is 12.5 Å². The van der Waals surface area contributed by atoms with Gasteiger partial charge in [-0.15, -0.1) is 0 Å². The topological polar surface area (TPSA) is 126 Å². The van der Waals surface area contributed by atoms with Crippen LogP contribution < -0.4 is 4.74 Å². The van der Waals surface area contributed by atoms with Crippen molar-refractivity contribution in [3.63, 3.8) is 0 Å². The van der Waals surface area contributed by atoms with Crippen molar-refractivity contribution in [1.82, 2.24) is 0 Å². The number of benzene rings is 2. The van der Waals surface area contributed by atoms with E-state index in [2.05, 4.69) is 4.99 Å². The standard InChI is InChI=1S/C31H41NO7/c1-7-26(34)31(5,6)29(36)25(18-33)21(3)20(2)22(4)39-30(37)28(35)27(23-14-10-8-11-15-23)32-19-38-24-16-12-9-13-17-24/h8-19,22,25-29,34-36H,7H2,1-6H3/b21-20+,32-19?/t22-,25-,26-,27-,28+,29-/m0/s1. The Kier molecular flexibility index (Phi) is 12.0. The molecule has 0 aliphatic rings. The summed E-state index contributed by atoms with van der Waals surface area (Å²) < 4.78 is 11.1. The van der Waals surface area contributed by atoms with Crippen LogP contribution in [-0.2, 0) is 14.3 Å². The first-order valence-corrected chi connectivity index (χ1v) is 13.1. The van der Waals surface area contributed by atoms with Crippen LogP contribution in [0.3, 0.4) is 0 Å². The van der Waals surface area contributed by atoms with Gasteiger partial charge in [0.25, 0.3) is 0 Å². The highest BCUT2D eigenvalue weighted by atomic mass is 16.6. The Morgan fingerprint density at radius 1 is 0.974 bits per heavy atom. The lowest BCUT2D eigenvalue weighted by molar-refractivity contribution is -0.157. The summed E-state index contributed by atoms with van der Waals surface area (Å²) in [6.07, 6.45) is -2.16. The normalized spacial score (nSPS) is 17.4. The number of aliphatic hydroxyl groups is 3. The highest BCUT2D eigenvalue weighted by molar-refractivity contribution is 5.76. The molecule has 2 aromatic carbocycles. The molecule has 0 radical (unpaired) electrons. The van der Waals surface area contributed by atoms with E-state index in [0.29, 0.717) is 35.2 Å². The van der Waals surface area contributed by atoms with Crippen LogP contribution in [-0.4, -0.2) is 58.4 Å². The zero-order valence-corrected chi connectivity index (χ0v) is 23.5. The van der Waals surface area contributed by atoms with Crippen molar-refractivity contribution >= 4 is 18.7 Å². The lowest BCUT2D eigenvalue weighted by atomic mass is 9.72. The first kappa shape index (κ1) is 31.9. The van der Waals surface area contributed by atoms with Crippen molar-refractivity contribution in [2.45, 2.75) is 78.4 Å². The number of esters is 1. The molecule has 2 rings (SSSR count). The summed E-state index contributed by atoms with van der Waals surface area (Å²) in [4.78, 5) is 29.3. The van der Waals surface area contributed by atoms with E-state index in [4.69, 9.17) is 9.47 Å². The molecule has 39 heavy (non-hydrogen) atoms. The zero-order valence-electron chi connectivity index (χ0n) is 23.5. The lowest BCUT2D eigenvalue weighted by Gasteiger charge is -2.38. The monoisotopic (exact) mass is 539 g/mol. The van der Waals surface area contributed by atoms with E-state index < -0.39 is 47.8 Å². The van der Waals surface area contributed by atoms with Gasteiger partial charge in [-0.25, -0.2) is 9.79 Å². The maximum atomic E-state index is 13.0. The predicted molar refractivity (Wildman–Crippen MR) is 150 cm³/mol. The number of nitrogens with zero attached hydrogens (tertiary/aromatic N) is 1. The Bertz CT molecular complexity index is 1110. The largest absolute Gasteiger partial charge is 0.456 e. The fraction of sp³-hybridized carbons (Fsp3) is 0.452. The van der Waals surface area contributed by atoms with Crippen LogP contribution >= 0.6 is 0 Å². The van der Waals surface area contributed by atoms with Gasteiger partial charge in [-0.1, -0.05) is 74.9 Å². The Balaban J connectivity index is 2.22. The summed E-state index contributed by atoms with van der Waals surface area (Å²) in [5.74, 6) is -1.26. The van der Waals surface area contributed by atoms with E-state index in [9.17, 15) is 24.9 Å². The number of para-hydroxylation sites is 1. The summed E-state index contributed by atoms with van der Waals surface area (Å²) in [6.45, 7) is 10.2. The number of aldehydes is 1. The molecule has 8 heteroatoms. The summed E-state index contributed by atoms with van der Waals surface area (Å²) in [7, 11) is 0. The summed E-state index contributed by atoms with van der Waals surface area (Å²) in [6, 6.07) is 16.8. The Morgan fingerprint density at radius 3 is 2.08 bits per heavy atom. The molecule has 0 aromatic heterocycles. The molecular weight excluding hydrogens is 498 g/mol. The fourth-order valence-electron chi connectivity index (χ4n) is 4.30. The quantitative estimate of drug-likeness (QED) is 0.107. The zero-order chi connectivity index (χ0) is 29.2. The molecule has 2 aromatic rings. The number of carbonyl (C=O) groups excluding carboxylic acids is 2. The van der Waals surface area contributed by atoms with Crippen LogP contribution in [0.5, 0.6) is 5.75 Å². The van der Waals surface area contributed by atoms with Crippen LogP contribution in [0.25, 0.3) is 0 Å². The molecule has 0 heterocycles. The molecular formula is C31H41NO7. The van der Waals surface area contributed by atoms with Crippen LogP contribution in [0.2, 0.25) is 0 Å². The van der Waals surface area contributed by atoms with E-state index in [0.717, 1.165) is 0 Å².